The third-order valence-electron chi connectivity index (χ3n) is 4.80. The predicted molar refractivity (Wildman–Crippen MR) is 84.2 cm³/mol. The molecule has 0 radical (unpaired) electrons. The normalized spacial score (nSPS) is 25.6. The lowest BCUT2D eigenvalue weighted by Crippen LogP contribution is -2.45. The average Bonchev–Trinajstić information content (AvgIpc) is 3.19. The molecule has 0 aromatic rings. The van der Waals surface area contributed by atoms with Crippen molar-refractivity contribution in [1.82, 2.24) is 15.1 Å². The Morgan fingerprint density at radius 2 is 2.00 bits per heavy atom. The summed E-state index contributed by atoms with van der Waals surface area (Å²) in [5, 5.41) is 12.8. The predicted octanol–water partition coefficient (Wildman–Crippen LogP) is 1.66. The number of carbonyl (C=O) groups is 1. The Balaban J connectivity index is 1.66. The van der Waals surface area contributed by atoms with E-state index in [1.807, 2.05) is 7.05 Å². The van der Waals surface area contributed by atoms with Crippen LogP contribution in [0.5, 0.6) is 0 Å². The van der Waals surface area contributed by atoms with Crippen LogP contribution < -0.4 is 5.32 Å². The third kappa shape index (κ3) is 4.85. The van der Waals surface area contributed by atoms with Crippen molar-refractivity contribution in [1.29, 1.82) is 0 Å². The van der Waals surface area contributed by atoms with Gasteiger partial charge in [0.15, 0.2) is 0 Å². The molecule has 2 unspecified atom stereocenters. The quantitative estimate of drug-likeness (QED) is 0.751. The van der Waals surface area contributed by atoms with Crippen molar-refractivity contribution in [3.05, 3.63) is 0 Å². The Hall–Kier alpha value is -0.810. The summed E-state index contributed by atoms with van der Waals surface area (Å²) < 4.78 is 0. The number of urea groups is 1. The van der Waals surface area contributed by atoms with Gasteiger partial charge >= 0.3 is 6.03 Å². The summed E-state index contributed by atoms with van der Waals surface area (Å²) in [7, 11) is 1.82. The molecule has 2 rings (SSSR count). The first kappa shape index (κ1) is 16.6. The van der Waals surface area contributed by atoms with Crippen molar-refractivity contribution in [2.45, 2.75) is 64.1 Å². The number of hydrogen-bond acceptors (Lipinski definition) is 3. The first-order chi connectivity index (χ1) is 9.99. The van der Waals surface area contributed by atoms with Gasteiger partial charge in [0, 0.05) is 44.7 Å². The highest BCUT2D eigenvalue weighted by Crippen LogP contribution is 2.28. The molecule has 122 valence electrons. The molecule has 2 atom stereocenters. The summed E-state index contributed by atoms with van der Waals surface area (Å²) in [6.07, 6.45) is 5.35. The fourth-order valence-electron chi connectivity index (χ4n) is 3.36. The molecule has 0 bridgehead atoms. The Kier molecular flexibility index (Phi) is 5.88. The van der Waals surface area contributed by atoms with Gasteiger partial charge in [-0.1, -0.05) is 6.42 Å². The second-order valence-corrected chi connectivity index (χ2v) is 6.93. The molecule has 2 aliphatic rings. The molecule has 0 saturated heterocycles. The van der Waals surface area contributed by atoms with Gasteiger partial charge in [-0.05, 0) is 39.5 Å². The van der Waals surface area contributed by atoms with E-state index in [1.165, 1.54) is 12.8 Å². The minimum atomic E-state index is -0.230. The SMILES string of the molecule is CC(C)N(CCNC(=O)N(C)CC1CCCC1O)C1CC1. The van der Waals surface area contributed by atoms with E-state index in [9.17, 15) is 9.90 Å². The van der Waals surface area contributed by atoms with Gasteiger partial charge in [0.1, 0.15) is 0 Å². The van der Waals surface area contributed by atoms with Crippen LogP contribution in [0.3, 0.4) is 0 Å². The van der Waals surface area contributed by atoms with Crippen LogP contribution in [-0.4, -0.2) is 65.8 Å². The van der Waals surface area contributed by atoms with E-state index in [-0.39, 0.29) is 18.1 Å². The van der Waals surface area contributed by atoms with Crippen molar-refractivity contribution in [2.24, 2.45) is 5.92 Å². The lowest BCUT2D eigenvalue weighted by Gasteiger charge is -2.27. The molecule has 0 spiro atoms. The number of carbonyl (C=O) groups excluding carboxylic acids is 1. The number of nitrogens with one attached hydrogen (secondary N) is 1. The maximum atomic E-state index is 12.1. The zero-order valence-electron chi connectivity index (χ0n) is 13.7. The highest BCUT2D eigenvalue weighted by atomic mass is 16.3. The molecule has 2 fully saturated rings. The number of aliphatic hydroxyl groups is 1. The molecule has 5 nitrogen and oxygen atoms in total. The molecule has 21 heavy (non-hydrogen) atoms. The van der Waals surface area contributed by atoms with Gasteiger partial charge in [0.2, 0.25) is 0 Å². The summed E-state index contributed by atoms with van der Waals surface area (Å²) in [5.41, 5.74) is 0. The highest BCUT2D eigenvalue weighted by molar-refractivity contribution is 5.73. The minimum Gasteiger partial charge on any atom is -0.393 e. The van der Waals surface area contributed by atoms with E-state index in [2.05, 4.69) is 24.1 Å². The van der Waals surface area contributed by atoms with Gasteiger partial charge in [0.05, 0.1) is 6.10 Å². The highest BCUT2D eigenvalue weighted by Gasteiger charge is 2.30. The Bertz CT molecular complexity index is 342. The van der Waals surface area contributed by atoms with Gasteiger partial charge in [0.25, 0.3) is 0 Å². The van der Waals surface area contributed by atoms with Gasteiger partial charge in [-0.2, -0.15) is 0 Å². The molecule has 2 saturated carbocycles. The van der Waals surface area contributed by atoms with E-state index in [1.54, 1.807) is 4.90 Å². The Morgan fingerprint density at radius 3 is 2.52 bits per heavy atom. The van der Waals surface area contributed by atoms with E-state index in [4.69, 9.17) is 0 Å². The number of rotatable bonds is 7. The largest absolute Gasteiger partial charge is 0.393 e. The Labute approximate surface area is 128 Å². The van der Waals surface area contributed by atoms with Gasteiger partial charge in [-0.25, -0.2) is 4.79 Å². The number of amides is 2. The van der Waals surface area contributed by atoms with Crippen LogP contribution in [-0.2, 0) is 0 Å². The molecule has 0 aromatic carbocycles. The molecule has 2 aliphatic carbocycles. The molecule has 0 aliphatic heterocycles. The number of nitrogens with zero attached hydrogens (tertiary/aromatic N) is 2. The van der Waals surface area contributed by atoms with Crippen molar-refractivity contribution in [2.75, 3.05) is 26.7 Å². The Morgan fingerprint density at radius 1 is 1.29 bits per heavy atom. The van der Waals surface area contributed by atoms with E-state index < -0.39 is 0 Å². The summed E-state index contributed by atoms with van der Waals surface area (Å²) in [5.74, 6) is 0.249. The van der Waals surface area contributed by atoms with Crippen molar-refractivity contribution >= 4 is 6.03 Å². The first-order valence-corrected chi connectivity index (χ1v) is 8.41. The van der Waals surface area contributed by atoms with Crippen molar-refractivity contribution < 1.29 is 9.90 Å². The number of aliphatic hydroxyl groups excluding tert-OH is 1. The summed E-state index contributed by atoms with van der Waals surface area (Å²) in [4.78, 5) is 16.3. The molecule has 5 heteroatoms. The van der Waals surface area contributed by atoms with E-state index >= 15 is 0 Å². The minimum absolute atomic E-state index is 0.0198. The van der Waals surface area contributed by atoms with Crippen LogP contribution >= 0.6 is 0 Å². The van der Waals surface area contributed by atoms with Crippen LogP contribution in [0.4, 0.5) is 4.79 Å². The molecule has 2 amide bonds. The average molecular weight is 297 g/mol. The third-order valence-corrected chi connectivity index (χ3v) is 4.80. The zero-order valence-corrected chi connectivity index (χ0v) is 13.7. The monoisotopic (exact) mass is 297 g/mol. The molecule has 2 N–H and O–H groups in total. The van der Waals surface area contributed by atoms with Crippen molar-refractivity contribution in [3.8, 4) is 0 Å². The maximum absolute atomic E-state index is 12.1. The van der Waals surface area contributed by atoms with Crippen molar-refractivity contribution in [3.63, 3.8) is 0 Å². The van der Waals surface area contributed by atoms with Crippen LogP contribution in [0, 0.1) is 5.92 Å². The maximum Gasteiger partial charge on any atom is 0.317 e. The van der Waals surface area contributed by atoms with Crippen LogP contribution in [0.1, 0.15) is 46.0 Å². The van der Waals surface area contributed by atoms with Gasteiger partial charge in [-0.15, -0.1) is 0 Å². The summed E-state index contributed by atoms with van der Waals surface area (Å²) in [6.45, 7) is 6.71. The smallest absolute Gasteiger partial charge is 0.317 e. The molecular weight excluding hydrogens is 266 g/mol. The zero-order chi connectivity index (χ0) is 15.4. The topological polar surface area (TPSA) is 55.8 Å². The fourth-order valence-corrected chi connectivity index (χ4v) is 3.36. The molecular formula is C16H31N3O2. The number of hydrogen-bond donors (Lipinski definition) is 2. The van der Waals surface area contributed by atoms with Gasteiger partial charge in [-0.3, -0.25) is 4.90 Å². The summed E-state index contributed by atoms with van der Waals surface area (Å²) >= 11 is 0. The van der Waals surface area contributed by atoms with Crippen LogP contribution in [0.25, 0.3) is 0 Å². The second-order valence-electron chi connectivity index (χ2n) is 6.93. The van der Waals surface area contributed by atoms with Crippen LogP contribution in [0.15, 0.2) is 0 Å². The van der Waals surface area contributed by atoms with E-state index in [0.717, 1.165) is 31.8 Å². The first-order valence-electron chi connectivity index (χ1n) is 8.41. The molecule has 0 heterocycles. The fraction of sp³-hybridized carbons (Fsp3) is 0.938. The standard InChI is InChI=1S/C16H31N3O2/c1-12(2)19(14-7-8-14)10-9-17-16(21)18(3)11-13-5-4-6-15(13)20/h12-15,20H,4-11H2,1-3H3,(H,17,21). The lowest BCUT2D eigenvalue weighted by molar-refractivity contribution is 0.113. The van der Waals surface area contributed by atoms with Gasteiger partial charge < -0.3 is 15.3 Å². The molecule has 0 aromatic heterocycles. The lowest BCUT2D eigenvalue weighted by atomic mass is 10.1. The van der Waals surface area contributed by atoms with E-state index in [0.29, 0.717) is 19.1 Å². The van der Waals surface area contributed by atoms with Crippen LogP contribution in [0.2, 0.25) is 0 Å². The summed E-state index contributed by atoms with van der Waals surface area (Å²) in [6, 6.07) is 1.25. The second kappa shape index (κ2) is 7.45.